The second-order valence-corrected chi connectivity index (χ2v) is 7.10. The molecule has 7 heteroatoms. The Hall–Kier alpha value is -3.61. The zero-order chi connectivity index (χ0) is 21.5. The molecule has 156 valence electrons. The first-order valence-corrected chi connectivity index (χ1v) is 9.85. The summed E-state index contributed by atoms with van der Waals surface area (Å²) in [7, 11) is 1.67. The number of likely N-dealkylation sites (N-methyl/N-ethyl adjacent to an activating group) is 1. The van der Waals surface area contributed by atoms with Gasteiger partial charge in [-0.05, 0) is 54.7 Å². The number of amides is 2. The van der Waals surface area contributed by atoms with Gasteiger partial charge in [-0.1, -0.05) is 30.3 Å². The molecule has 0 spiro atoms. The van der Waals surface area contributed by atoms with Crippen LogP contribution in [0.3, 0.4) is 0 Å². The van der Waals surface area contributed by atoms with Crippen LogP contribution in [0.2, 0.25) is 0 Å². The van der Waals surface area contributed by atoms with Gasteiger partial charge in [-0.15, -0.1) is 0 Å². The molecule has 4 N–H and O–H groups in total. The number of carbonyl (C=O) groups is 2. The Morgan fingerprint density at radius 2 is 1.93 bits per heavy atom. The number of allylic oxidation sites excluding steroid dienone is 1. The van der Waals surface area contributed by atoms with E-state index in [1.807, 2.05) is 18.2 Å². The molecule has 30 heavy (non-hydrogen) atoms. The molecule has 1 aliphatic rings. The molecule has 2 amide bonds. The topological polar surface area (TPSA) is 103 Å². The Morgan fingerprint density at radius 3 is 2.63 bits per heavy atom. The number of anilines is 1. The lowest BCUT2D eigenvalue weighted by Crippen LogP contribution is -2.31. The highest BCUT2D eigenvalue weighted by Crippen LogP contribution is 2.32. The van der Waals surface area contributed by atoms with E-state index in [1.165, 1.54) is 11.6 Å². The SMILES string of the molecule is CN/C(=C\C(C)=N)C(=O)NCCCc1ccc(-c2ccc3c(c2)OCC(=O)N3)cc1. The van der Waals surface area contributed by atoms with E-state index in [2.05, 4.69) is 40.2 Å². The van der Waals surface area contributed by atoms with Crippen LogP contribution in [0.4, 0.5) is 5.69 Å². The predicted octanol–water partition coefficient (Wildman–Crippen LogP) is 2.88. The van der Waals surface area contributed by atoms with Gasteiger partial charge in [0.2, 0.25) is 0 Å². The predicted molar refractivity (Wildman–Crippen MR) is 118 cm³/mol. The number of nitrogens with one attached hydrogen (secondary N) is 4. The van der Waals surface area contributed by atoms with Crippen molar-refractivity contribution in [2.45, 2.75) is 19.8 Å². The molecule has 1 aliphatic heterocycles. The van der Waals surface area contributed by atoms with Crippen LogP contribution in [0.1, 0.15) is 18.9 Å². The van der Waals surface area contributed by atoms with Crippen molar-refractivity contribution in [1.82, 2.24) is 10.6 Å². The van der Waals surface area contributed by atoms with Crippen molar-refractivity contribution >= 4 is 23.2 Å². The summed E-state index contributed by atoms with van der Waals surface area (Å²) in [6.07, 6.45) is 3.17. The quantitative estimate of drug-likeness (QED) is 0.307. The molecule has 3 rings (SSSR count). The van der Waals surface area contributed by atoms with Crippen molar-refractivity contribution in [2.24, 2.45) is 0 Å². The van der Waals surface area contributed by atoms with Crippen LogP contribution in [-0.2, 0) is 16.0 Å². The Balaban J connectivity index is 1.52. The molecule has 2 aromatic rings. The van der Waals surface area contributed by atoms with Crippen molar-refractivity contribution in [3.63, 3.8) is 0 Å². The number of hydrogen-bond acceptors (Lipinski definition) is 5. The third-order valence-corrected chi connectivity index (χ3v) is 4.70. The first kappa shape index (κ1) is 21.1. The van der Waals surface area contributed by atoms with Crippen LogP contribution >= 0.6 is 0 Å². The van der Waals surface area contributed by atoms with Gasteiger partial charge in [-0.2, -0.15) is 0 Å². The molecule has 0 unspecified atom stereocenters. The summed E-state index contributed by atoms with van der Waals surface area (Å²) < 4.78 is 5.49. The standard InChI is InChI=1S/C23H26N4O3/c1-15(24)12-20(25-2)23(29)26-11-3-4-16-5-7-17(8-6-16)18-9-10-19-21(13-18)30-14-22(28)27-19/h5-10,12-13,24-25H,3-4,11,14H2,1-2H3,(H,26,29)(H,27,28)/b20-12-,24-15?. The summed E-state index contributed by atoms with van der Waals surface area (Å²) in [6.45, 7) is 2.23. The number of carbonyl (C=O) groups excluding carboxylic acids is 2. The van der Waals surface area contributed by atoms with Crippen LogP contribution in [-0.4, -0.2) is 37.7 Å². The van der Waals surface area contributed by atoms with Crippen molar-refractivity contribution in [3.8, 4) is 16.9 Å². The fourth-order valence-electron chi connectivity index (χ4n) is 3.18. The van der Waals surface area contributed by atoms with Gasteiger partial charge >= 0.3 is 0 Å². The Morgan fingerprint density at radius 1 is 1.20 bits per heavy atom. The minimum Gasteiger partial charge on any atom is -0.482 e. The van der Waals surface area contributed by atoms with Crippen LogP contribution in [0, 0.1) is 5.41 Å². The number of aryl methyl sites for hydroxylation is 1. The normalized spacial score (nSPS) is 13.0. The van der Waals surface area contributed by atoms with Crippen molar-refractivity contribution in [1.29, 1.82) is 5.41 Å². The molecule has 0 aliphatic carbocycles. The lowest BCUT2D eigenvalue weighted by molar-refractivity contribution is -0.119. The van der Waals surface area contributed by atoms with Gasteiger partial charge in [-0.25, -0.2) is 0 Å². The minimum atomic E-state index is -0.203. The lowest BCUT2D eigenvalue weighted by atomic mass is 10.0. The van der Waals surface area contributed by atoms with Gasteiger partial charge in [0, 0.05) is 19.3 Å². The number of fused-ring (bicyclic) bond motifs is 1. The summed E-state index contributed by atoms with van der Waals surface area (Å²) in [5, 5.41) is 15.9. The van der Waals surface area contributed by atoms with E-state index < -0.39 is 0 Å². The van der Waals surface area contributed by atoms with Gasteiger partial charge < -0.3 is 26.1 Å². The molecule has 0 fully saturated rings. The highest BCUT2D eigenvalue weighted by molar-refractivity contribution is 6.01. The van der Waals surface area contributed by atoms with E-state index in [4.69, 9.17) is 10.1 Å². The van der Waals surface area contributed by atoms with Gasteiger partial charge in [0.05, 0.1) is 5.69 Å². The van der Waals surface area contributed by atoms with Crippen molar-refractivity contribution in [3.05, 3.63) is 59.8 Å². The lowest BCUT2D eigenvalue weighted by Gasteiger charge is -2.18. The summed E-state index contributed by atoms with van der Waals surface area (Å²) in [4.78, 5) is 23.5. The van der Waals surface area contributed by atoms with Crippen molar-refractivity contribution in [2.75, 3.05) is 25.5 Å². The molecule has 7 nitrogen and oxygen atoms in total. The van der Waals surface area contributed by atoms with Crippen LogP contribution in [0.25, 0.3) is 11.1 Å². The molecule has 0 saturated carbocycles. The van der Waals surface area contributed by atoms with E-state index in [1.54, 1.807) is 14.0 Å². The largest absolute Gasteiger partial charge is 0.482 e. The second kappa shape index (κ2) is 9.73. The van der Waals surface area contributed by atoms with Gasteiger partial charge in [0.25, 0.3) is 11.8 Å². The average Bonchev–Trinajstić information content (AvgIpc) is 2.74. The number of rotatable bonds is 8. The van der Waals surface area contributed by atoms with E-state index in [9.17, 15) is 9.59 Å². The van der Waals surface area contributed by atoms with E-state index in [0.717, 1.165) is 24.0 Å². The molecule has 0 radical (unpaired) electrons. The molecule has 0 saturated heterocycles. The maximum Gasteiger partial charge on any atom is 0.267 e. The zero-order valence-corrected chi connectivity index (χ0v) is 17.2. The molecule has 2 aromatic carbocycles. The molecule has 1 heterocycles. The minimum absolute atomic E-state index is 0.0402. The molecular weight excluding hydrogens is 380 g/mol. The van der Waals surface area contributed by atoms with Crippen LogP contribution < -0.4 is 20.7 Å². The number of hydrogen-bond donors (Lipinski definition) is 4. The average molecular weight is 406 g/mol. The fraction of sp³-hybridized carbons (Fsp3) is 0.261. The van der Waals surface area contributed by atoms with Crippen LogP contribution in [0.15, 0.2) is 54.2 Å². The first-order valence-electron chi connectivity index (χ1n) is 9.85. The molecule has 0 atom stereocenters. The summed E-state index contributed by atoms with van der Waals surface area (Å²) in [5.41, 5.74) is 4.69. The Kier molecular flexibility index (Phi) is 6.85. The highest BCUT2D eigenvalue weighted by Gasteiger charge is 2.16. The summed E-state index contributed by atoms with van der Waals surface area (Å²) >= 11 is 0. The highest BCUT2D eigenvalue weighted by atomic mass is 16.5. The third kappa shape index (κ3) is 5.47. The molecular formula is C23H26N4O3. The maximum absolute atomic E-state index is 12.1. The first-order chi connectivity index (χ1) is 14.5. The van der Waals surface area contributed by atoms with Gasteiger partial charge in [-0.3, -0.25) is 9.59 Å². The molecule has 0 aromatic heterocycles. The van der Waals surface area contributed by atoms with E-state index in [-0.39, 0.29) is 18.4 Å². The van der Waals surface area contributed by atoms with E-state index >= 15 is 0 Å². The second-order valence-electron chi connectivity index (χ2n) is 7.10. The fourth-order valence-corrected chi connectivity index (χ4v) is 3.18. The Bertz CT molecular complexity index is 980. The monoisotopic (exact) mass is 406 g/mol. The third-order valence-electron chi connectivity index (χ3n) is 4.70. The Labute approximate surface area is 176 Å². The van der Waals surface area contributed by atoms with Gasteiger partial charge in [0.15, 0.2) is 6.61 Å². The number of benzene rings is 2. The molecule has 0 bridgehead atoms. The smallest absolute Gasteiger partial charge is 0.267 e. The van der Waals surface area contributed by atoms with Gasteiger partial charge in [0.1, 0.15) is 11.4 Å². The summed E-state index contributed by atoms with van der Waals surface area (Å²) in [6, 6.07) is 14.0. The van der Waals surface area contributed by atoms with Crippen LogP contribution in [0.5, 0.6) is 5.75 Å². The zero-order valence-electron chi connectivity index (χ0n) is 17.2. The maximum atomic E-state index is 12.1. The van der Waals surface area contributed by atoms with E-state index in [0.29, 0.717) is 29.4 Å². The van der Waals surface area contributed by atoms with Crippen molar-refractivity contribution < 1.29 is 14.3 Å². The number of ether oxygens (including phenoxy) is 1. The summed E-state index contributed by atoms with van der Waals surface area (Å²) in [5.74, 6) is 0.337.